The molecule has 0 saturated heterocycles. The van der Waals surface area contributed by atoms with Crippen LogP contribution >= 0.6 is 0 Å². The Kier molecular flexibility index (Phi) is 5.18. The highest BCUT2D eigenvalue weighted by molar-refractivity contribution is 5.38. The third-order valence-electron chi connectivity index (χ3n) is 12.1. The molecule has 0 radical (unpaired) electrons. The molecule has 0 bridgehead atoms. The van der Waals surface area contributed by atoms with Gasteiger partial charge in [-0.3, -0.25) is 0 Å². The molecular weight excluding hydrogens is 376 g/mol. The van der Waals surface area contributed by atoms with Crippen molar-refractivity contribution in [3.63, 3.8) is 0 Å². The summed E-state index contributed by atoms with van der Waals surface area (Å²) in [4.78, 5) is 0. The summed E-state index contributed by atoms with van der Waals surface area (Å²) >= 11 is 0. The van der Waals surface area contributed by atoms with E-state index in [0.717, 1.165) is 18.3 Å². The second-order valence-corrected chi connectivity index (χ2v) is 13.7. The van der Waals surface area contributed by atoms with Crippen molar-refractivity contribution in [1.82, 2.24) is 0 Å². The zero-order chi connectivity index (χ0) is 22.2. The quantitative estimate of drug-likeness (QED) is 0.450. The minimum atomic E-state index is -0.125. The van der Waals surface area contributed by atoms with Gasteiger partial charge in [-0.1, -0.05) is 64.3 Å². The molecule has 174 valence electrons. The van der Waals surface area contributed by atoms with Crippen LogP contribution in [0.1, 0.15) is 119 Å². The predicted octanol–water partition coefficient (Wildman–Crippen LogP) is 8.23. The predicted molar refractivity (Wildman–Crippen MR) is 131 cm³/mol. The largest absolute Gasteiger partial charge is 0.393 e. The zero-order valence-electron chi connectivity index (χ0n) is 21.3. The van der Waals surface area contributed by atoms with Gasteiger partial charge in [0.15, 0.2) is 0 Å². The van der Waals surface area contributed by atoms with Crippen molar-refractivity contribution < 1.29 is 5.11 Å². The van der Waals surface area contributed by atoms with Gasteiger partial charge < -0.3 is 5.11 Å². The molecule has 7 atom stereocenters. The molecule has 1 nitrogen and oxygen atoms in total. The van der Waals surface area contributed by atoms with E-state index in [9.17, 15) is 5.11 Å². The molecule has 0 spiro atoms. The second kappa shape index (κ2) is 7.22. The highest BCUT2D eigenvalue weighted by Crippen LogP contribution is 2.72. The minimum absolute atomic E-state index is 0.0516. The van der Waals surface area contributed by atoms with E-state index in [1.807, 2.05) is 11.1 Å². The summed E-state index contributed by atoms with van der Waals surface area (Å²) in [5, 5.41) is 10.8. The smallest absolute Gasteiger partial charge is 0.0594 e. The molecule has 1 N–H and O–H groups in total. The number of fused-ring (bicyclic) bond motifs is 4. The molecule has 1 heteroatoms. The lowest BCUT2D eigenvalue weighted by Crippen LogP contribution is -2.55. The lowest BCUT2D eigenvalue weighted by atomic mass is 9.43. The molecule has 5 aliphatic carbocycles. The first kappa shape index (κ1) is 22.2. The number of aliphatic hydroxyl groups is 1. The fraction of sp³-hybridized carbons (Fsp3) is 0.867. The van der Waals surface area contributed by atoms with E-state index < -0.39 is 0 Å². The second-order valence-electron chi connectivity index (χ2n) is 13.7. The van der Waals surface area contributed by atoms with Crippen LogP contribution in [0, 0.1) is 39.4 Å². The molecule has 0 aromatic heterocycles. The van der Waals surface area contributed by atoms with E-state index in [2.05, 4.69) is 47.6 Å². The van der Waals surface area contributed by atoms with Crippen molar-refractivity contribution in [2.75, 3.05) is 0 Å². The molecular formula is C30H48O. The van der Waals surface area contributed by atoms with E-state index >= 15 is 0 Å². The van der Waals surface area contributed by atoms with Gasteiger partial charge in [0.25, 0.3) is 0 Å². The fourth-order valence-corrected chi connectivity index (χ4v) is 9.66. The van der Waals surface area contributed by atoms with Gasteiger partial charge in [-0.15, -0.1) is 0 Å². The Morgan fingerprint density at radius 3 is 2.35 bits per heavy atom. The first-order valence-electron chi connectivity index (χ1n) is 13.6. The zero-order valence-corrected chi connectivity index (χ0v) is 21.3. The van der Waals surface area contributed by atoms with E-state index in [1.165, 1.54) is 70.6 Å². The molecule has 0 unspecified atom stereocenters. The molecule has 0 heterocycles. The van der Waals surface area contributed by atoms with Crippen molar-refractivity contribution in [1.29, 1.82) is 0 Å². The molecule has 0 aromatic rings. The van der Waals surface area contributed by atoms with Gasteiger partial charge in [-0.2, -0.15) is 0 Å². The molecule has 0 aliphatic heterocycles. The standard InChI is InChI=1S/C30H48O/c1-20(8-7-9-21-10-11-21)22-14-18-30(6)24-12-13-25-27(2,3)26(31)16-17-28(25,4)23(24)15-19-29(22,30)5/h9,20,22,25-26,31H,7-8,10-19H2,1-6H3/t20-,22-,25+,26+,28-,29-,30+/m1/s1. The number of hydrogen-bond acceptors (Lipinski definition) is 1. The topological polar surface area (TPSA) is 20.2 Å². The summed E-state index contributed by atoms with van der Waals surface area (Å²) in [6.45, 7) is 15.2. The molecule has 0 aromatic carbocycles. The number of rotatable bonds is 4. The van der Waals surface area contributed by atoms with Gasteiger partial charge in [-0.05, 0) is 116 Å². The Balaban J connectivity index is 1.44. The molecule has 3 fully saturated rings. The molecule has 5 rings (SSSR count). The van der Waals surface area contributed by atoms with Gasteiger partial charge in [-0.25, -0.2) is 0 Å². The van der Waals surface area contributed by atoms with Crippen LogP contribution in [0.3, 0.4) is 0 Å². The molecule has 0 amide bonds. The lowest BCUT2D eigenvalue weighted by Gasteiger charge is -2.62. The Morgan fingerprint density at radius 2 is 1.65 bits per heavy atom. The third-order valence-corrected chi connectivity index (χ3v) is 12.1. The van der Waals surface area contributed by atoms with Gasteiger partial charge >= 0.3 is 0 Å². The number of aliphatic hydroxyl groups excluding tert-OH is 1. The van der Waals surface area contributed by atoms with Crippen LogP contribution in [0.15, 0.2) is 22.8 Å². The summed E-state index contributed by atoms with van der Waals surface area (Å²) < 4.78 is 0. The van der Waals surface area contributed by atoms with Crippen molar-refractivity contribution >= 4 is 0 Å². The summed E-state index contributed by atoms with van der Waals surface area (Å²) in [6, 6.07) is 0. The Labute approximate surface area is 192 Å². The first-order chi connectivity index (χ1) is 14.5. The third kappa shape index (κ3) is 3.11. The van der Waals surface area contributed by atoms with Crippen LogP contribution < -0.4 is 0 Å². The average molecular weight is 425 g/mol. The van der Waals surface area contributed by atoms with Crippen LogP contribution in [-0.2, 0) is 0 Å². The van der Waals surface area contributed by atoms with Crippen LogP contribution in [0.25, 0.3) is 0 Å². The average Bonchev–Trinajstić information content (AvgIpc) is 3.48. The van der Waals surface area contributed by atoms with Crippen molar-refractivity contribution in [2.45, 2.75) is 125 Å². The van der Waals surface area contributed by atoms with Crippen molar-refractivity contribution in [3.8, 4) is 0 Å². The number of hydrogen-bond donors (Lipinski definition) is 1. The Bertz CT molecular complexity index is 795. The first-order valence-corrected chi connectivity index (χ1v) is 13.6. The van der Waals surface area contributed by atoms with Crippen molar-refractivity contribution in [2.24, 2.45) is 39.4 Å². The summed E-state index contributed by atoms with van der Waals surface area (Å²) in [5.74, 6) is 2.38. The minimum Gasteiger partial charge on any atom is -0.393 e. The molecule has 31 heavy (non-hydrogen) atoms. The van der Waals surface area contributed by atoms with Gasteiger partial charge in [0.1, 0.15) is 0 Å². The highest BCUT2D eigenvalue weighted by Gasteiger charge is 2.63. The maximum Gasteiger partial charge on any atom is 0.0594 e. The monoisotopic (exact) mass is 424 g/mol. The highest BCUT2D eigenvalue weighted by atomic mass is 16.3. The van der Waals surface area contributed by atoms with Crippen LogP contribution in [0.4, 0.5) is 0 Å². The molecule has 5 aliphatic rings. The van der Waals surface area contributed by atoms with Crippen LogP contribution in [-0.4, -0.2) is 11.2 Å². The normalized spacial score (nSPS) is 46.8. The van der Waals surface area contributed by atoms with Crippen molar-refractivity contribution in [3.05, 3.63) is 22.8 Å². The van der Waals surface area contributed by atoms with Gasteiger partial charge in [0, 0.05) is 0 Å². The van der Waals surface area contributed by atoms with Gasteiger partial charge in [0.2, 0.25) is 0 Å². The maximum atomic E-state index is 10.8. The maximum absolute atomic E-state index is 10.8. The van der Waals surface area contributed by atoms with Crippen LogP contribution in [0.5, 0.6) is 0 Å². The summed E-state index contributed by atoms with van der Waals surface area (Å²) in [7, 11) is 0. The Morgan fingerprint density at radius 1 is 0.903 bits per heavy atom. The number of allylic oxidation sites excluding steroid dienone is 4. The van der Waals surface area contributed by atoms with E-state index in [-0.39, 0.29) is 11.5 Å². The Hall–Kier alpha value is -0.560. The fourth-order valence-electron chi connectivity index (χ4n) is 9.66. The van der Waals surface area contributed by atoms with E-state index in [0.29, 0.717) is 22.2 Å². The van der Waals surface area contributed by atoms with Gasteiger partial charge in [0.05, 0.1) is 6.10 Å². The lowest BCUT2D eigenvalue weighted by molar-refractivity contribution is -0.0962. The SMILES string of the molecule is C[C@H](CCC=C1CC1)[C@H]1CC[C@@]2(C)C3=C(CC[C@]12C)[C@@]1(C)CC[C@H](O)C(C)(C)[C@@H]1CC3. The summed E-state index contributed by atoms with van der Waals surface area (Å²) in [5.41, 5.74) is 6.72. The summed E-state index contributed by atoms with van der Waals surface area (Å²) in [6.07, 6.45) is 18.2. The van der Waals surface area contributed by atoms with Crippen LogP contribution in [0.2, 0.25) is 0 Å². The molecule has 3 saturated carbocycles. The van der Waals surface area contributed by atoms with E-state index in [4.69, 9.17) is 0 Å². The van der Waals surface area contributed by atoms with E-state index in [1.54, 1.807) is 5.57 Å².